The molecule has 2 heterocycles. The van der Waals surface area contributed by atoms with E-state index < -0.39 is 42.0 Å². The van der Waals surface area contributed by atoms with Crippen molar-refractivity contribution in [1.82, 2.24) is 9.80 Å². The average molecular weight is 461 g/mol. The van der Waals surface area contributed by atoms with Crippen molar-refractivity contribution in [2.45, 2.75) is 90.3 Å². The van der Waals surface area contributed by atoms with Gasteiger partial charge in [-0.3, -0.25) is 9.69 Å². The van der Waals surface area contributed by atoms with E-state index in [-0.39, 0.29) is 18.0 Å². The molecule has 2 aliphatic rings. The number of imide groups is 1. The summed E-state index contributed by atoms with van der Waals surface area (Å²) in [5.74, 6) is -1.04. The van der Waals surface area contributed by atoms with E-state index in [0.717, 1.165) is 12.0 Å². The van der Waals surface area contributed by atoms with Gasteiger partial charge in [0.25, 0.3) is 0 Å². The van der Waals surface area contributed by atoms with Crippen molar-refractivity contribution < 1.29 is 28.6 Å². The van der Waals surface area contributed by atoms with Crippen molar-refractivity contribution in [1.29, 1.82) is 0 Å². The van der Waals surface area contributed by atoms with Gasteiger partial charge in [0.05, 0.1) is 24.1 Å². The molecule has 1 aromatic rings. The van der Waals surface area contributed by atoms with Crippen LogP contribution in [0, 0.1) is 5.92 Å². The fraction of sp³-hybridized carbons (Fsp3) is 0.640. The number of rotatable bonds is 5. The van der Waals surface area contributed by atoms with Crippen LogP contribution in [-0.4, -0.2) is 64.8 Å². The van der Waals surface area contributed by atoms with Gasteiger partial charge >= 0.3 is 12.2 Å². The van der Waals surface area contributed by atoms with Crippen molar-refractivity contribution >= 4 is 18.1 Å². The van der Waals surface area contributed by atoms with Crippen LogP contribution in [0.4, 0.5) is 9.59 Å². The molecule has 0 bridgehead atoms. The molecule has 2 aliphatic heterocycles. The number of nitrogens with zero attached hydrogens (tertiary/aromatic N) is 2. The molecule has 0 aromatic heterocycles. The number of hydrogen-bond donors (Lipinski definition) is 0. The summed E-state index contributed by atoms with van der Waals surface area (Å²) in [5.41, 5.74) is 0.208. The van der Waals surface area contributed by atoms with E-state index in [1.165, 1.54) is 12.0 Å². The van der Waals surface area contributed by atoms with Crippen LogP contribution in [0.15, 0.2) is 30.3 Å². The second-order valence-electron chi connectivity index (χ2n) is 10.0. The van der Waals surface area contributed by atoms with E-state index in [1.54, 1.807) is 18.7 Å². The van der Waals surface area contributed by atoms with Crippen LogP contribution in [-0.2, 0) is 19.0 Å². The molecule has 2 saturated heterocycles. The lowest BCUT2D eigenvalue weighted by atomic mass is 9.93. The van der Waals surface area contributed by atoms with Crippen LogP contribution in [0.25, 0.3) is 0 Å². The Morgan fingerprint density at radius 1 is 1.12 bits per heavy atom. The first-order valence-corrected chi connectivity index (χ1v) is 11.6. The van der Waals surface area contributed by atoms with E-state index in [4.69, 9.17) is 14.2 Å². The van der Waals surface area contributed by atoms with Gasteiger partial charge in [0, 0.05) is 13.2 Å². The van der Waals surface area contributed by atoms with E-state index in [9.17, 15) is 14.4 Å². The highest BCUT2D eigenvalue weighted by Crippen LogP contribution is 2.36. The van der Waals surface area contributed by atoms with Crippen LogP contribution in [0.3, 0.4) is 0 Å². The van der Waals surface area contributed by atoms with Crippen LogP contribution in [0.1, 0.15) is 66.1 Å². The predicted octanol–water partition coefficient (Wildman–Crippen LogP) is 4.53. The number of carbonyl (C=O) groups excluding carboxylic acids is 3. The highest BCUT2D eigenvalue weighted by Gasteiger charge is 2.49. The Hall–Kier alpha value is -2.61. The van der Waals surface area contributed by atoms with Gasteiger partial charge in [-0.15, -0.1) is 0 Å². The molecule has 182 valence electrons. The molecule has 33 heavy (non-hydrogen) atoms. The third kappa shape index (κ3) is 5.16. The molecule has 2 fully saturated rings. The van der Waals surface area contributed by atoms with Gasteiger partial charge in [-0.25, -0.2) is 14.5 Å². The van der Waals surface area contributed by atoms with Crippen molar-refractivity contribution in [3.05, 3.63) is 35.9 Å². The zero-order chi connectivity index (χ0) is 24.5. The number of methoxy groups -OCH3 is 1. The molecule has 0 radical (unpaired) electrons. The first kappa shape index (κ1) is 25.0. The Balaban J connectivity index is 1.79. The summed E-state index contributed by atoms with van der Waals surface area (Å²) in [6.07, 6.45) is -0.734. The topological polar surface area (TPSA) is 85.4 Å². The number of benzene rings is 1. The van der Waals surface area contributed by atoms with Crippen molar-refractivity contribution in [2.75, 3.05) is 7.11 Å². The van der Waals surface area contributed by atoms with E-state index in [1.807, 2.05) is 58.0 Å². The van der Waals surface area contributed by atoms with Gasteiger partial charge < -0.3 is 14.2 Å². The molecule has 0 saturated carbocycles. The summed E-state index contributed by atoms with van der Waals surface area (Å²) in [5, 5.41) is 0. The average Bonchev–Trinajstić information content (AvgIpc) is 3.26. The number of ether oxygens (including phenoxy) is 3. The van der Waals surface area contributed by atoms with Gasteiger partial charge in [-0.1, -0.05) is 37.3 Å². The second kappa shape index (κ2) is 9.71. The molecule has 8 heteroatoms. The standard InChI is InChI=1S/C25H36N2O6/c1-15-13-14-19(26(15)24(30)33-25(4,5)6)20(31-7)16(2)22(28)27-17(3)21(32-23(27)29)18-11-9-8-10-12-18/h8-12,15-17,19-21H,13-14H2,1-7H3/t15?,16-,17-,19?,20-,21-/m1/s1. The summed E-state index contributed by atoms with van der Waals surface area (Å²) in [6.45, 7) is 11.0. The summed E-state index contributed by atoms with van der Waals surface area (Å²) in [7, 11) is 1.53. The lowest BCUT2D eigenvalue weighted by molar-refractivity contribution is -0.139. The van der Waals surface area contributed by atoms with Gasteiger partial charge in [-0.2, -0.15) is 0 Å². The molecule has 0 aliphatic carbocycles. The third-order valence-electron chi connectivity index (χ3n) is 6.49. The Bertz CT molecular complexity index is 867. The molecule has 8 nitrogen and oxygen atoms in total. The Morgan fingerprint density at radius 2 is 1.76 bits per heavy atom. The lowest BCUT2D eigenvalue weighted by Crippen LogP contribution is -2.53. The molecule has 2 unspecified atom stereocenters. The molecule has 6 atom stereocenters. The van der Waals surface area contributed by atoms with Crippen LogP contribution >= 0.6 is 0 Å². The Morgan fingerprint density at radius 3 is 2.33 bits per heavy atom. The number of cyclic esters (lactones) is 1. The van der Waals surface area contributed by atoms with Gasteiger partial charge in [0.2, 0.25) is 5.91 Å². The fourth-order valence-electron chi connectivity index (χ4n) is 4.87. The third-order valence-corrected chi connectivity index (χ3v) is 6.49. The monoisotopic (exact) mass is 460 g/mol. The van der Waals surface area contributed by atoms with E-state index in [0.29, 0.717) is 6.42 Å². The SMILES string of the molecule is CO[C@@H](C1CCC(C)N1C(=O)OC(C)(C)C)[C@@H](C)C(=O)N1C(=O)O[C@@H](c2ccccc2)[C@H]1C. The minimum absolute atomic E-state index is 0.0389. The second-order valence-corrected chi connectivity index (χ2v) is 10.0. The Labute approximate surface area is 196 Å². The maximum Gasteiger partial charge on any atom is 0.417 e. The summed E-state index contributed by atoms with van der Waals surface area (Å²) >= 11 is 0. The predicted molar refractivity (Wildman–Crippen MR) is 122 cm³/mol. The molecule has 0 spiro atoms. The van der Waals surface area contributed by atoms with Gasteiger partial charge in [0.15, 0.2) is 0 Å². The largest absolute Gasteiger partial charge is 0.444 e. The van der Waals surface area contributed by atoms with Crippen LogP contribution in [0.5, 0.6) is 0 Å². The van der Waals surface area contributed by atoms with Crippen LogP contribution in [0.2, 0.25) is 0 Å². The molecule has 3 rings (SSSR count). The fourth-order valence-corrected chi connectivity index (χ4v) is 4.87. The summed E-state index contributed by atoms with van der Waals surface area (Å²) < 4.78 is 16.9. The zero-order valence-corrected chi connectivity index (χ0v) is 20.6. The normalized spacial score (nSPS) is 27.3. The number of amides is 3. The first-order chi connectivity index (χ1) is 15.5. The maximum absolute atomic E-state index is 13.5. The Kier molecular flexibility index (Phi) is 7.36. The van der Waals surface area contributed by atoms with E-state index in [2.05, 4.69) is 0 Å². The molecule has 3 amide bonds. The van der Waals surface area contributed by atoms with Gasteiger partial charge in [-0.05, 0) is 53.0 Å². The number of carbonyl (C=O) groups is 3. The van der Waals surface area contributed by atoms with Crippen molar-refractivity contribution in [3.63, 3.8) is 0 Å². The minimum atomic E-state index is -0.667. The minimum Gasteiger partial charge on any atom is -0.444 e. The summed E-state index contributed by atoms with van der Waals surface area (Å²) in [4.78, 5) is 42.0. The van der Waals surface area contributed by atoms with Crippen LogP contribution < -0.4 is 0 Å². The smallest absolute Gasteiger partial charge is 0.417 e. The lowest BCUT2D eigenvalue weighted by Gasteiger charge is -2.37. The quantitative estimate of drug-likeness (QED) is 0.642. The molecule has 0 N–H and O–H groups in total. The summed E-state index contributed by atoms with van der Waals surface area (Å²) in [6, 6.07) is 8.55. The molecule has 1 aromatic carbocycles. The van der Waals surface area contributed by atoms with Gasteiger partial charge in [0.1, 0.15) is 11.7 Å². The first-order valence-electron chi connectivity index (χ1n) is 11.6. The maximum atomic E-state index is 13.5. The van der Waals surface area contributed by atoms with E-state index >= 15 is 0 Å². The zero-order valence-electron chi connectivity index (χ0n) is 20.6. The highest BCUT2D eigenvalue weighted by molar-refractivity contribution is 5.95. The number of likely N-dealkylation sites (tertiary alicyclic amines) is 1. The van der Waals surface area contributed by atoms with Crippen molar-refractivity contribution in [3.8, 4) is 0 Å². The van der Waals surface area contributed by atoms with Crippen molar-refractivity contribution in [2.24, 2.45) is 5.92 Å². The number of hydrogen-bond acceptors (Lipinski definition) is 6. The molecular formula is C25H36N2O6. The highest BCUT2D eigenvalue weighted by atomic mass is 16.6. The molecular weight excluding hydrogens is 424 g/mol.